The number of para-hydroxylation sites is 1. The van der Waals surface area contributed by atoms with Crippen LogP contribution < -0.4 is 10.1 Å². The monoisotopic (exact) mass is 439 g/mol. The fourth-order valence-electron chi connectivity index (χ4n) is 2.38. The molecule has 1 heterocycles. The van der Waals surface area contributed by atoms with Crippen LogP contribution in [0.25, 0.3) is 5.69 Å². The van der Waals surface area contributed by atoms with Crippen LogP contribution in [0, 0.1) is 5.82 Å². The van der Waals surface area contributed by atoms with Crippen molar-refractivity contribution in [3.8, 4) is 11.4 Å². The van der Waals surface area contributed by atoms with E-state index in [1.165, 1.54) is 35.3 Å². The van der Waals surface area contributed by atoms with Gasteiger partial charge in [-0.15, -0.1) is 0 Å². The van der Waals surface area contributed by atoms with Crippen molar-refractivity contribution in [1.82, 2.24) is 15.1 Å². The van der Waals surface area contributed by atoms with E-state index < -0.39 is 18.3 Å². The highest BCUT2D eigenvalue weighted by Gasteiger charge is 2.14. The first-order valence-electron chi connectivity index (χ1n) is 7.75. The predicted octanol–water partition coefficient (Wildman–Crippen LogP) is 4.31. The predicted molar refractivity (Wildman–Crippen MR) is 95.5 cm³/mol. The lowest BCUT2D eigenvalue weighted by molar-refractivity contribution is -0.0504. The SMILES string of the molecule is O=C(NCc1cc(Br)ccc1OC(F)F)c1cnn(-c2ccccc2F)c1. The number of hydrogen-bond acceptors (Lipinski definition) is 3. The fraction of sp³-hybridized carbons (Fsp3) is 0.111. The first kappa shape index (κ1) is 19.0. The highest BCUT2D eigenvalue weighted by molar-refractivity contribution is 9.10. The molecule has 2 aromatic carbocycles. The van der Waals surface area contributed by atoms with Gasteiger partial charge in [0.1, 0.15) is 17.3 Å². The molecule has 1 N–H and O–H groups in total. The zero-order chi connectivity index (χ0) is 19.4. The van der Waals surface area contributed by atoms with Crippen LogP contribution in [-0.4, -0.2) is 22.3 Å². The maximum absolute atomic E-state index is 13.8. The van der Waals surface area contributed by atoms with Gasteiger partial charge < -0.3 is 10.1 Å². The summed E-state index contributed by atoms with van der Waals surface area (Å²) in [6.07, 6.45) is 2.67. The van der Waals surface area contributed by atoms with Crippen molar-refractivity contribution in [1.29, 1.82) is 0 Å². The van der Waals surface area contributed by atoms with E-state index in [9.17, 15) is 18.0 Å². The summed E-state index contributed by atoms with van der Waals surface area (Å²) in [4.78, 5) is 12.3. The first-order chi connectivity index (χ1) is 12.9. The Bertz CT molecular complexity index is 963. The average Bonchev–Trinajstić information content (AvgIpc) is 3.11. The first-order valence-corrected chi connectivity index (χ1v) is 8.54. The minimum Gasteiger partial charge on any atom is -0.434 e. The Morgan fingerprint density at radius 1 is 1.26 bits per heavy atom. The number of aromatic nitrogens is 2. The molecular formula is C18H13BrF3N3O2. The molecule has 9 heteroatoms. The second-order valence-corrected chi connectivity index (χ2v) is 6.35. The van der Waals surface area contributed by atoms with Gasteiger partial charge in [0.15, 0.2) is 0 Å². The van der Waals surface area contributed by atoms with E-state index in [1.807, 2.05) is 0 Å². The number of halogens is 4. The number of hydrogen-bond donors (Lipinski definition) is 1. The average molecular weight is 440 g/mol. The molecule has 0 radical (unpaired) electrons. The highest BCUT2D eigenvalue weighted by Crippen LogP contribution is 2.25. The molecule has 27 heavy (non-hydrogen) atoms. The van der Waals surface area contributed by atoms with E-state index in [2.05, 4.69) is 31.1 Å². The van der Waals surface area contributed by atoms with Crippen LogP contribution in [0.2, 0.25) is 0 Å². The lowest BCUT2D eigenvalue weighted by Gasteiger charge is -2.11. The summed E-state index contributed by atoms with van der Waals surface area (Å²) in [6, 6.07) is 10.5. The molecule has 1 aromatic heterocycles. The summed E-state index contributed by atoms with van der Waals surface area (Å²) in [5, 5.41) is 6.58. The molecule has 1 amide bonds. The summed E-state index contributed by atoms with van der Waals surface area (Å²) in [6.45, 7) is -3.01. The van der Waals surface area contributed by atoms with Crippen LogP contribution in [0.15, 0.2) is 59.3 Å². The van der Waals surface area contributed by atoms with Gasteiger partial charge in [0.25, 0.3) is 5.91 Å². The van der Waals surface area contributed by atoms with Gasteiger partial charge in [-0.3, -0.25) is 4.79 Å². The van der Waals surface area contributed by atoms with Crippen molar-refractivity contribution in [3.63, 3.8) is 0 Å². The number of benzene rings is 2. The third-order valence-electron chi connectivity index (χ3n) is 3.62. The van der Waals surface area contributed by atoms with Gasteiger partial charge in [-0.2, -0.15) is 13.9 Å². The number of alkyl halides is 2. The smallest absolute Gasteiger partial charge is 0.387 e. The van der Waals surface area contributed by atoms with Gasteiger partial charge >= 0.3 is 6.61 Å². The molecule has 3 rings (SSSR count). The number of carbonyl (C=O) groups is 1. The summed E-state index contributed by atoms with van der Waals surface area (Å²) in [5.74, 6) is -0.994. The number of rotatable bonds is 6. The van der Waals surface area contributed by atoms with E-state index in [4.69, 9.17) is 0 Å². The van der Waals surface area contributed by atoms with Crippen LogP contribution >= 0.6 is 15.9 Å². The normalized spacial score (nSPS) is 10.9. The van der Waals surface area contributed by atoms with Crippen LogP contribution in [0.5, 0.6) is 5.75 Å². The van der Waals surface area contributed by atoms with E-state index in [0.29, 0.717) is 10.0 Å². The van der Waals surface area contributed by atoms with Crippen molar-refractivity contribution in [2.24, 2.45) is 0 Å². The van der Waals surface area contributed by atoms with Crippen LogP contribution in [0.1, 0.15) is 15.9 Å². The van der Waals surface area contributed by atoms with E-state index in [0.717, 1.165) is 0 Å². The Hall–Kier alpha value is -2.81. The molecule has 0 unspecified atom stereocenters. The lowest BCUT2D eigenvalue weighted by Crippen LogP contribution is -2.23. The molecule has 0 aliphatic carbocycles. The Labute approximate surface area is 160 Å². The molecule has 140 valence electrons. The molecule has 0 aliphatic heterocycles. The second kappa shape index (κ2) is 8.26. The summed E-state index contributed by atoms with van der Waals surface area (Å²) in [5.41, 5.74) is 0.778. The molecule has 0 bridgehead atoms. The quantitative estimate of drug-likeness (QED) is 0.622. The van der Waals surface area contributed by atoms with Crippen molar-refractivity contribution < 1.29 is 22.7 Å². The summed E-state index contributed by atoms with van der Waals surface area (Å²) < 4.78 is 45.1. The molecule has 0 atom stereocenters. The van der Waals surface area contributed by atoms with Gasteiger partial charge in [0.05, 0.1) is 11.8 Å². The summed E-state index contributed by atoms with van der Waals surface area (Å²) in [7, 11) is 0. The van der Waals surface area contributed by atoms with Crippen molar-refractivity contribution in [2.45, 2.75) is 13.2 Å². The van der Waals surface area contributed by atoms with Crippen molar-refractivity contribution >= 4 is 21.8 Å². The molecule has 0 spiro atoms. The molecule has 0 saturated heterocycles. The van der Waals surface area contributed by atoms with Gasteiger partial charge in [-0.05, 0) is 30.3 Å². The van der Waals surface area contributed by atoms with Crippen LogP contribution in [0.4, 0.5) is 13.2 Å². The molecule has 3 aromatic rings. The maximum Gasteiger partial charge on any atom is 0.387 e. The van der Waals surface area contributed by atoms with Crippen molar-refractivity contribution in [2.75, 3.05) is 0 Å². The fourth-order valence-corrected chi connectivity index (χ4v) is 2.79. The van der Waals surface area contributed by atoms with Gasteiger partial charge in [0.2, 0.25) is 0 Å². The number of nitrogens with one attached hydrogen (secondary N) is 1. The summed E-state index contributed by atoms with van der Waals surface area (Å²) >= 11 is 3.25. The second-order valence-electron chi connectivity index (χ2n) is 5.44. The standard InChI is InChI=1S/C18H13BrF3N3O2/c19-13-5-6-16(27-18(21)22)11(7-13)8-23-17(26)12-9-24-25(10-12)15-4-2-1-3-14(15)20/h1-7,9-10,18H,8H2,(H,23,26). The van der Waals surface area contributed by atoms with E-state index in [1.54, 1.807) is 24.3 Å². The largest absolute Gasteiger partial charge is 0.434 e. The Balaban J connectivity index is 1.72. The van der Waals surface area contributed by atoms with Gasteiger partial charge in [-0.1, -0.05) is 28.1 Å². The lowest BCUT2D eigenvalue weighted by atomic mass is 10.2. The van der Waals surface area contributed by atoms with E-state index >= 15 is 0 Å². The highest BCUT2D eigenvalue weighted by atomic mass is 79.9. The third-order valence-corrected chi connectivity index (χ3v) is 4.12. The van der Waals surface area contributed by atoms with E-state index in [-0.39, 0.29) is 23.5 Å². The number of nitrogens with zero attached hydrogens (tertiary/aromatic N) is 2. The van der Waals surface area contributed by atoms with Crippen molar-refractivity contribution in [3.05, 3.63) is 76.3 Å². The Kier molecular flexibility index (Phi) is 5.80. The third kappa shape index (κ3) is 4.68. The molecule has 5 nitrogen and oxygen atoms in total. The Morgan fingerprint density at radius 2 is 2.04 bits per heavy atom. The minimum absolute atomic E-state index is 0.0319. The van der Waals surface area contributed by atoms with Crippen LogP contribution in [0.3, 0.4) is 0 Å². The Morgan fingerprint density at radius 3 is 2.78 bits per heavy atom. The van der Waals surface area contributed by atoms with Gasteiger partial charge in [0, 0.05) is 22.8 Å². The van der Waals surface area contributed by atoms with Crippen LogP contribution in [-0.2, 0) is 6.54 Å². The molecule has 0 saturated carbocycles. The maximum atomic E-state index is 13.8. The molecule has 0 fully saturated rings. The molecular weight excluding hydrogens is 427 g/mol. The number of carbonyl (C=O) groups excluding carboxylic acids is 1. The molecule has 0 aliphatic rings. The number of ether oxygens (including phenoxy) is 1. The van der Waals surface area contributed by atoms with Gasteiger partial charge in [-0.25, -0.2) is 9.07 Å². The number of amides is 1. The zero-order valence-corrected chi connectivity index (χ0v) is 15.3. The minimum atomic E-state index is -2.97. The topological polar surface area (TPSA) is 56.1 Å². The zero-order valence-electron chi connectivity index (χ0n) is 13.7.